The molecule has 0 aliphatic heterocycles. The molecule has 0 amide bonds. The van der Waals surface area contributed by atoms with Crippen molar-refractivity contribution < 1.29 is 89.7 Å². The Hall–Kier alpha value is -16.4. The summed E-state index contributed by atoms with van der Waals surface area (Å²) in [5.74, 6) is 2.58. The molecule has 0 aliphatic rings. The molecule has 0 saturated carbocycles. The summed E-state index contributed by atoms with van der Waals surface area (Å²) in [6.07, 6.45) is 26.2. The summed E-state index contributed by atoms with van der Waals surface area (Å²) in [6, 6.07) is 122. The van der Waals surface area contributed by atoms with E-state index in [1.807, 2.05) is 134 Å². The number of aromatic nitrogens is 12. The van der Waals surface area contributed by atoms with E-state index in [-0.39, 0.29) is 63.2 Å². The van der Waals surface area contributed by atoms with E-state index >= 15 is 0 Å². The largest absolute Gasteiger partial charge is 2.00 e. The molecule has 0 saturated heterocycles. The van der Waals surface area contributed by atoms with Gasteiger partial charge >= 0.3 is 63.2 Å². The summed E-state index contributed by atoms with van der Waals surface area (Å²) >= 11 is 0. The van der Waals surface area contributed by atoms with Crippen molar-refractivity contribution in [1.29, 1.82) is 0 Å². The number of hydrogen-bond acceptors (Lipinski definition) is 12. The fourth-order valence-electron chi connectivity index (χ4n) is 18.7. The van der Waals surface area contributed by atoms with E-state index in [0.29, 0.717) is 0 Å². The quantitative estimate of drug-likeness (QED) is 0.0886. The van der Waals surface area contributed by atoms with Crippen molar-refractivity contribution in [1.82, 2.24) is 57.3 Å². The SMILES string of the molecule is Cn1c(-c2[c-]c3c(cc2)c2cc(-c4ccoc4)ccc2n3-c2[c-]c(-c3ccc(-c4ccoc4)cn3)ccc2)nc2ccccc21.Cn1c(-c2[c-]c3c(cc2)c2cc(-c4ccoc4)ccc2n3-c2[c-]c(-c3ccccn3)ccc2)nc2ccc(-c3ccoc3)cc21.Cn1c(-c2[c-]c3c(cc2)c2ccccc2n3-c2[c-]c(-c3ccc(-c4ccoc4)cn3)ccc2-c2ccoc2)nc2ccccc21.[Pt+2].[Pt+2].[Pt+2]. The molecule has 15 heterocycles. The smallest absolute Gasteiger partial charge is 0.473 e. The molecule has 21 heteroatoms. The molecule has 0 aliphatic carbocycles. The summed E-state index contributed by atoms with van der Waals surface area (Å²) < 4.78 is 45.3. The first-order valence-corrected chi connectivity index (χ1v) is 44.0. The van der Waals surface area contributed by atoms with E-state index in [4.69, 9.17) is 51.4 Å². The minimum absolute atomic E-state index is 0. The molecular formula is C117H72N12O6Pt3. The maximum atomic E-state index is 5.54. The topological polar surface area (TPSA) is 186 Å². The molecule has 0 fully saturated rings. The van der Waals surface area contributed by atoms with Gasteiger partial charge in [0.2, 0.25) is 0 Å². The standard InChI is InChI=1S/3C39H24N4O2.3Pt/c1-42-36-9-5-3-7-34(36)41-39(42)26-11-14-32-31-6-2-4-8-35(31)43(38(32)21-26)37-20-25(10-13-30(37)29-17-19-45-24-29)33-15-12-27(22-40-33)28-16-18-44-23-28;1-42-38-21-26(30-15-18-45-24-30)9-12-35(38)41-39(42)28-8-11-32-33-20-25(29-14-17-44-23-29)10-13-36(33)43(37(32)22-28)31-6-4-5-27(19-31)34-7-2-3-16-40-34;1-42-37-8-3-2-7-35(37)41-39(42)27-9-12-32-33-20-25(29-15-17-44-23-29)11-14-36(33)43(38(32)21-27)31-6-4-5-26(19-31)34-13-10-28(22-40-34)30-16-18-45-24-30;;;/h2-19,22-24H,1H3;2-18,20-21,23-24H,1H3;2-18,20,22-24H,1H3;;;/q3*-2;3*+2. The first-order valence-electron chi connectivity index (χ1n) is 44.0. The van der Waals surface area contributed by atoms with Gasteiger partial charge in [-0.15, -0.1) is 155 Å². The van der Waals surface area contributed by atoms with Crippen molar-refractivity contribution in [2.45, 2.75) is 0 Å². The Bertz CT molecular complexity index is 9150. The molecule has 0 radical (unpaired) electrons. The van der Waals surface area contributed by atoms with Crippen molar-refractivity contribution >= 4 is 98.5 Å². The van der Waals surface area contributed by atoms with Gasteiger partial charge in [0, 0.05) is 95.2 Å². The summed E-state index contributed by atoms with van der Waals surface area (Å²) in [6.45, 7) is 0. The van der Waals surface area contributed by atoms with Gasteiger partial charge in [-0.1, -0.05) is 131 Å². The second-order valence-electron chi connectivity index (χ2n) is 33.2. The van der Waals surface area contributed by atoms with Crippen LogP contribution in [-0.2, 0) is 84.3 Å². The van der Waals surface area contributed by atoms with Gasteiger partial charge in [0.1, 0.15) is 0 Å². The van der Waals surface area contributed by atoms with Gasteiger partial charge in [0.05, 0.1) is 126 Å². The minimum atomic E-state index is 0. The second-order valence-corrected chi connectivity index (χ2v) is 33.2. The second kappa shape index (κ2) is 36.5. The molecule has 15 aromatic heterocycles. The van der Waals surface area contributed by atoms with Crippen molar-refractivity contribution in [2.24, 2.45) is 21.1 Å². The number of para-hydroxylation sites is 5. The number of furan rings is 6. The van der Waals surface area contributed by atoms with Crippen LogP contribution >= 0.6 is 0 Å². The predicted octanol–water partition coefficient (Wildman–Crippen LogP) is 28.6. The van der Waals surface area contributed by atoms with E-state index in [9.17, 15) is 0 Å². The predicted molar refractivity (Wildman–Crippen MR) is 530 cm³/mol. The Morgan fingerprint density at radius 2 is 0.616 bits per heavy atom. The van der Waals surface area contributed by atoms with Gasteiger partial charge in [-0.25, -0.2) is 0 Å². The van der Waals surface area contributed by atoms with Crippen LogP contribution in [0.1, 0.15) is 0 Å². The molecule has 0 atom stereocenters. The van der Waals surface area contributed by atoms with E-state index in [1.54, 1.807) is 75.2 Å². The third-order valence-corrected chi connectivity index (χ3v) is 25.4. The number of nitrogens with zero attached hydrogens (tertiary/aromatic N) is 12. The van der Waals surface area contributed by atoms with Crippen LogP contribution in [0.25, 0.3) is 250 Å². The van der Waals surface area contributed by atoms with Crippen molar-refractivity contribution in [3.05, 3.63) is 421 Å². The average molecular weight is 2330 g/mol. The van der Waals surface area contributed by atoms with Crippen molar-refractivity contribution in [3.8, 4) is 152 Å². The van der Waals surface area contributed by atoms with Crippen LogP contribution in [0.15, 0.2) is 411 Å². The Morgan fingerprint density at radius 3 is 1.07 bits per heavy atom. The zero-order chi connectivity index (χ0) is 89.7. The van der Waals surface area contributed by atoms with Crippen molar-refractivity contribution in [2.75, 3.05) is 0 Å². The number of rotatable bonds is 15. The fraction of sp³-hybridized carbons (Fsp3) is 0.0256. The van der Waals surface area contributed by atoms with Crippen LogP contribution in [0.5, 0.6) is 0 Å². The van der Waals surface area contributed by atoms with Crippen LogP contribution in [0, 0.1) is 36.4 Å². The number of aryl methyl sites for hydroxylation is 3. The summed E-state index contributed by atoms with van der Waals surface area (Å²) in [5.41, 5.74) is 35.1. The Kier molecular flexibility index (Phi) is 23.0. The normalized spacial score (nSPS) is 11.4. The number of benzene rings is 12. The van der Waals surface area contributed by atoms with Gasteiger partial charge < -0.3 is 68.9 Å². The zero-order valence-corrected chi connectivity index (χ0v) is 80.5. The first kappa shape index (κ1) is 87.0. The number of hydrogen-bond donors (Lipinski definition) is 0. The van der Waals surface area contributed by atoms with Crippen LogP contribution in [0.3, 0.4) is 0 Å². The maximum absolute atomic E-state index is 5.54. The van der Waals surface area contributed by atoms with E-state index in [0.717, 1.165) is 250 Å². The average Bonchev–Trinajstić information content (AvgIpc) is 1.58. The molecule has 0 spiro atoms. The van der Waals surface area contributed by atoms with Gasteiger partial charge in [0.15, 0.2) is 0 Å². The van der Waals surface area contributed by atoms with Crippen LogP contribution in [0.2, 0.25) is 0 Å². The molecule has 0 N–H and O–H groups in total. The number of imidazole rings is 3. The summed E-state index contributed by atoms with van der Waals surface area (Å²) in [7, 11) is 6.16. The molecule has 138 heavy (non-hydrogen) atoms. The maximum Gasteiger partial charge on any atom is 2.00 e. The van der Waals surface area contributed by atoms with E-state index < -0.39 is 0 Å². The van der Waals surface area contributed by atoms with Gasteiger partial charge in [-0.05, 0) is 186 Å². The number of pyridine rings is 3. The van der Waals surface area contributed by atoms with Gasteiger partial charge in [-0.2, -0.15) is 0 Å². The fourth-order valence-corrected chi connectivity index (χ4v) is 18.7. The van der Waals surface area contributed by atoms with Crippen LogP contribution in [0.4, 0.5) is 0 Å². The van der Waals surface area contributed by atoms with Gasteiger partial charge in [-0.3, -0.25) is 15.0 Å². The van der Waals surface area contributed by atoms with E-state index in [1.165, 1.54) is 0 Å². The van der Waals surface area contributed by atoms with Crippen LogP contribution in [-0.4, -0.2) is 57.3 Å². The monoisotopic (exact) mass is 2330 g/mol. The number of fused-ring (bicyclic) bond motifs is 12. The third kappa shape index (κ3) is 15.5. The molecule has 666 valence electrons. The zero-order valence-electron chi connectivity index (χ0n) is 73.6. The Morgan fingerprint density at radius 1 is 0.239 bits per heavy atom. The third-order valence-electron chi connectivity index (χ3n) is 25.4. The first-order chi connectivity index (χ1) is 66.6. The molecule has 0 bridgehead atoms. The Balaban J connectivity index is 0.000000118. The van der Waals surface area contributed by atoms with Gasteiger partial charge in [0.25, 0.3) is 0 Å². The summed E-state index contributed by atoms with van der Waals surface area (Å²) in [4.78, 5) is 29.1. The molecule has 12 aromatic carbocycles. The molecule has 27 aromatic rings. The molecule has 18 nitrogen and oxygen atoms in total. The van der Waals surface area contributed by atoms with E-state index in [2.05, 4.69) is 266 Å². The van der Waals surface area contributed by atoms with Crippen molar-refractivity contribution in [3.63, 3.8) is 0 Å². The molecular weight excluding hydrogens is 2250 g/mol. The minimum Gasteiger partial charge on any atom is -0.473 e. The molecule has 27 rings (SSSR count). The summed E-state index contributed by atoms with van der Waals surface area (Å²) in [5, 5.41) is 6.68. The molecule has 0 unspecified atom stereocenters. The Labute approximate surface area is 832 Å². The van der Waals surface area contributed by atoms with Crippen LogP contribution < -0.4 is 0 Å².